The summed E-state index contributed by atoms with van der Waals surface area (Å²) in [7, 11) is 0. The Hall–Kier alpha value is -1.69. The van der Waals surface area contributed by atoms with Gasteiger partial charge in [-0.25, -0.2) is 9.97 Å². The van der Waals surface area contributed by atoms with E-state index in [4.69, 9.17) is 0 Å². The van der Waals surface area contributed by atoms with Crippen LogP contribution in [0.25, 0.3) is 0 Å². The molecule has 0 unspecified atom stereocenters. The SMILES string of the molecule is O=C(CCc1cscn1)N1CCC[C@@H](n2ccnc2)C1. The fourth-order valence-electron chi connectivity index (χ4n) is 2.66. The Balaban J connectivity index is 1.55. The molecule has 1 fully saturated rings. The molecule has 1 amide bonds. The summed E-state index contributed by atoms with van der Waals surface area (Å²) in [6, 6.07) is 0.370. The highest BCUT2D eigenvalue weighted by atomic mass is 32.1. The maximum atomic E-state index is 12.3. The first kappa shape index (κ1) is 13.3. The van der Waals surface area contributed by atoms with Gasteiger partial charge in [-0.15, -0.1) is 11.3 Å². The Morgan fingerprint density at radius 3 is 3.20 bits per heavy atom. The van der Waals surface area contributed by atoms with E-state index in [1.54, 1.807) is 17.5 Å². The van der Waals surface area contributed by atoms with E-state index in [-0.39, 0.29) is 5.91 Å². The minimum absolute atomic E-state index is 0.239. The van der Waals surface area contributed by atoms with Crippen LogP contribution in [0.2, 0.25) is 0 Å². The Kier molecular flexibility index (Phi) is 4.11. The topological polar surface area (TPSA) is 51.0 Å². The molecule has 0 bridgehead atoms. The molecule has 0 aliphatic carbocycles. The molecule has 1 atom stereocenters. The Bertz CT molecular complexity index is 538. The highest BCUT2D eigenvalue weighted by Gasteiger charge is 2.24. The number of aromatic nitrogens is 3. The predicted octanol–water partition coefficient (Wildman–Crippen LogP) is 2.14. The molecule has 2 aromatic heterocycles. The van der Waals surface area contributed by atoms with Crippen molar-refractivity contribution in [2.45, 2.75) is 31.7 Å². The van der Waals surface area contributed by atoms with Crippen LogP contribution in [-0.2, 0) is 11.2 Å². The number of hydrogen-bond acceptors (Lipinski definition) is 4. The van der Waals surface area contributed by atoms with Crippen molar-refractivity contribution in [3.05, 3.63) is 35.3 Å². The molecule has 20 heavy (non-hydrogen) atoms. The van der Waals surface area contributed by atoms with Gasteiger partial charge in [0.1, 0.15) is 0 Å². The lowest BCUT2D eigenvalue weighted by Crippen LogP contribution is -2.40. The summed E-state index contributed by atoms with van der Waals surface area (Å²) >= 11 is 1.58. The van der Waals surface area contributed by atoms with Gasteiger partial charge in [0.15, 0.2) is 0 Å². The number of imidazole rings is 1. The van der Waals surface area contributed by atoms with Gasteiger partial charge < -0.3 is 9.47 Å². The van der Waals surface area contributed by atoms with Crippen LogP contribution >= 0.6 is 11.3 Å². The van der Waals surface area contributed by atoms with Crippen molar-refractivity contribution < 1.29 is 4.79 Å². The monoisotopic (exact) mass is 290 g/mol. The minimum atomic E-state index is 0.239. The second-order valence-electron chi connectivity index (χ2n) is 5.13. The minimum Gasteiger partial charge on any atom is -0.341 e. The van der Waals surface area contributed by atoms with Crippen LogP contribution in [0.4, 0.5) is 0 Å². The number of carbonyl (C=O) groups excluding carboxylic acids is 1. The molecule has 0 saturated carbocycles. The maximum absolute atomic E-state index is 12.3. The molecule has 5 nitrogen and oxygen atoms in total. The van der Waals surface area contributed by atoms with Crippen LogP contribution in [0.15, 0.2) is 29.6 Å². The fourth-order valence-corrected chi connectivity index (χ4v) is 3.26. The molecule has 1 aliphatic heterocycles. The zero-order valence-electron chi connectivity index (χ0n) is 11.3. The van der Waals surface area contributed by atoms with Crippen LogP contribution in [0.3, 0.4) is 0 Å². The van der Waals surface area contributed by atoms with Crippen LogP contribution in [0, 0.1) is 0 Å². The van der Waals surface area contributed by atoms with Gasteiger partial charge in [-0.05, 0) is 19.3 Å². The van der Waals surface area contributed by atoms with E-state index >= 15 is 0 Å². The summed E-state index contributed by atoms with van der Waals surface area (Å²) in [6.07, 6.45) is 9.09. The Morgan fingerprint density at radius 1 is 1.50 bits per heavy atom. The number of nitrogens with zero attached hydrogens (tertiary/aromatic N) is 4. The standard InChI is InChI=1S/C14H18N4OS/c19-14(4-3-12-9-20-11-16-12)17-6-1-2-13(8-17)18-7-5-15-10-18/h5,7,9-11,13H,1-4,6,8H2/t13-/m1/s1. The van der Waals surface area contributed by atoms with Crippen LogP contribution in [-0.4, -0.2) is 38.4 Å². The van der Waals surface area contributed by atoms with Crippen molar-refractivity contribution in [1.29, 1.82) is 0 Å². The summed E-state index contributed by atoms with van der Waals surface area (Å²) in [5, 5.41) is 2.01. The van der Waals surface area contributed by atoms with Crippen molar-refractivity contribution >= 4 is 17.2 Å². The number of thiazole rings is 1. The maximum Gasteiger partial charge on any atom is 0.223 e. The largest absolute Gasteiger partial charge is 0.341 e. The first-order chi connectivity index (χ1) is 9.83. The molecule has 0 N–H and O–H groups in total. The number of likely N-dealkylation sites (tertiary alicyclic amines) is 1. The quantitative estimate of drug-likeness (QED) is 0.867. The zero-order valence-corrected chi connectivity index (χ0v) is 12.1. The molecule has 3 heterocycles. The second kappa shape index (κ2) is 6.17. The van der Waals surface area contributed by atoms with Gasteiger partial charge in [-0.1, -0.05) is 0 Å². The van der Waals surface area contributed by atoms with E-state index in [9.17, 15) is 4.79 Å². The van der Waals surface area contributed by atoms with E-state index in [2.05, 4.69) is 14.5 Å². The molecule has 3 rings (SSSR count). The number of aryl methyl sites for hydroxylation is 1. The van der Waals surface area contributed by atoms with Crippen LogP contribution in [0.5, 0.6) is 0 Å². The smallest absolute Gasteiger partial charge is 0.223 e. The van der Waals surface area contributed by atoms with Gasteiger partial charge in [0.2, 0.25) is 5.91 Å². The molecule has 6 heteroatoms. The number of rotatable bonds is 4. The van der Waals surface area contributed by atoms with Gasteiger partial charge in [0.05, 0.1) is 23.6 Å². The highest BCUT2D eigenvalue weighted by molar-refractivity contribution is 7.07. The molecule has 2 aromatic rings. The van der Waals surface area contributed by atoms with Crippen molar-refractivity contribution in [2.75, 3.05) is 13.1 Å². The van der Waals surface area contributed by atoms with Gasteiger partial charge in [-0.3, -0.25) is 4.79 Å². The second-order valence-corrected chi connectivity index (χ2v) is 5.84. The Morgan fingerprint density at radius 2 is 2.45 bits per heavy atom. The van der Waals surface area contributed by atoms with E-state index in [0.717, 1.165) is 38.0 Å². The van der Waals surface area contributed by atoms with Crippen molar-refractivity contribution in [3.63, 3.8) is 0 Å². The number of hydrogen-bond donors (Lipinski definition) is 0. The number of amides is 1. The predicted molar refractivity (Wildman–Crippen MR) is 77.5 cm³/mol. The third-order valence-corrected chi connectivity index (χ3v) is 4.41. The summed E-state index contributed by atoms with van der Waals surface area (Å²) in [4.78, 5) is 22.6. The van der Waals surface area contributed by atoms with Gasteiger partial charge in [0, 0.05) is 37.3 Å². The van der Waals surface area contributed by atoms with Crippen LogP contribution in [0.1, 0.15) is 31.0 Å². The first-order valence-electron chi connectivity index (χ1n) is 6.95. The van der Waals surface area contributed by atoms with Crippen molar-refractivity contribution in [2.24, 2.45) is 0 Å². The normalized spacial score (nSPS) is 19.2. The summed E-state index contributed by atoms with van der Waals surface area (Å²) in [5.74, 6) is 0.239. The average Bonchev–Trinajstić information content (AvgIpc) is 3.18. The molecule has 106 valence electrons. The van der Waals surface area contributed by atoms with Gasteiger partial charge >= 0.3 is 0 Å². The molecule has 1 aliphatic rings. The Labute approximate surface area is 122 Å². The highest BCUT2D eigenvalue weighted by Crippen LogP contribution is 2.21. The van der Waals surface area contributed by atoms with Gasteiger partial charge in [0.25, 0.3) is 0 Å². The fraction of sp³-hybridized carbons (Fsp3) is 0.500. The molecular weight excluding hydrogens is 272 g/mol. The molecule has 0 spiro atoms. The zero-order chi connectivity index (χ0) is 13.8. The lowest BCUT2D eigenvalue weighted by atomic mass is 10.0. The van der Waals surface area contributed by atoms with E-state index in [0.29, 0.717) is 12.5 Å². The number of piperidine rings is 1. The third-order valence-electron chi connectivity index (χ3n) is 3.77. The van der Waals surface area contributed by atoms with E-state index < -0.39 is 0 Å². The summed E-state index contributed by atoms with van der Waals surface area (Å²) < 4.78 is 2.11. The number of carbonyl (C=O) groups is 1. The van der Waals surface area contributed by atoms with Crippen molar-refractivity contribution in [1.82, 2.24) is 19.4 Å². The molecule has 0 aromatic carbocycles. The summed E-state index contributed by atoms with van der Waals surface area (Å²) in [5.41, 5.74) is 2.84. The van der Waals surface area contributed by atoms with E-state index in [1.165, 1.54) is 0 Å². The lowest BCUT2D eigenvalue weighted by molar-refractivity contribution is -0.132. The first-order valence-corrected chi connectivity index (χ1v) is 7.89. The van der Waals surface area contributed by atoms with Crippen LogP contribution < -0.4 is 0 Å². The van der Waals surface area contributed by atoms with Gasteiger partial charge in [-0.2, -0.15) is 0 Å². The van der Waals surface area contributed by atoms with Crippen molar-refractivity contribution in [3.8, 4) is 0 Å². The average molecular weight is 290 g/mol. The molecular formula is C14H18N4OS. The molecule has 1 saturated heterocycles. The van der Waals surface area contributed by atoms with E-state index in [1.807, 2.05) is 28.3 Å². The third kappa shape index (κ3) is 3.07. The summed E-state index contributed by atoms with van der Waals surface area (Å²) in [6.45, 7) is 1.67. The lowest BCUT2D eigenvalue weighted by Gasteiger charge is -2.33. The molecule has 0 radical (unpaired) electrons.